The van der Waals surface area contributed by atoms with Crippen molar-refractivity contribution in [1.29, 1.82) is 0 Å². The Balaban J connectivity index is 1.93. The fraction of sp³-hybridized carbons (Fsp3) is 0.130. The molecule has 1 unspecified atom stereocenters. The van der Waals surface area contributed by atoms with Crippen LogP contribution < -0.4 is 0 Å². The molecule has 1 atom stereocenters. The molecule has 0 saturated heterocycles. The van der Waals surface area contributed by atoms with E-state index in [0.29, 0.717) is 5.92 Å². The second-order valence-corrected chi connectivity index (χ2v) is 6.40. The van der Waals surface area contributed by atoms with Gasteiger partial charge in [-0.1, -0.05) is 104 Å². The minimum absolute atomic E-state index is 0.0778. The third-order valence-electron chi connectivity index (χ3n) is 5.17. The first-order valence-electron chi connectivity index (χ1n) is 8.18. The van der Waals surface area contributed by atoms with Crippen LogP contribution in [0, 0.1) is 0 Å². The van der Waals surface area contributed by atoms with Crippen LogP contribution in [0.4, 0.5) is 0 Å². The van der Waals surface area contributed by atoms with Crippen LogP contribution in [0.2, 0.25) is 0 Å². The van der Waals surface area contributed by atoms with Gasteiger partial charge in [-0.15, -0.1) is 0 Å². The van der Waals surface area contributed by atoms with Crippen molar-refractivity contribution >= 4 is 6.08 Å². The van der Waals surface area contributed by atoms with Gasteiger partial charge in [-0.25, -0.2) is 0 Å². The summed E-state index contributed by atoms with van der Waals surface area (Å²) in [6, 6.07) is 30.5. The highest BCUT2D eigenvalue weighted by Crippen LogP contribution is 2.48. The van der Waals surface area contributed by atoms with Crippen LogP contribution >= 0.6 is 0 Å². The van der Waals surface area contributed by atoms with Crippen LogP contribution in [0.5, 0.6) is 0 Å². The number of allylic oxidation sites excluding steroid dienone is 1. The average Bonchev–Trinajstić information content (AvgIpc) is 3.07. The van der Waals surface area contributed by atoms with Crippen molar-refractivity contribution in [1.82, 2.24) is 0 Å². The molecule has 0 saturated carbocycles. The van der Waals surface area contributed by atoms with Crippen molar-refractivity contribution in [3.05, 3.63) is 113 Å². The molecule has 0 spiro atoms. The van der Waals surface area contributed by atoms with Crippen molar-refractivity contribution in [3.63, 3.8) is 0 Å². The topological polar surface area (TPSA) is 0 Å². The van der Waals surface area contributed by atoms with E-state index in [4.69, 9.17) is 0 Å². The minimum atomic E-state index is -0.0778. The highest BCUT2D eigenvalue weighted by molar-refractivity contribution is 5.65. The summed E-state index contributed by atoms with van der Waals surface area (Å²) in [6.45, 7) is 2.37. The largest absolute Gasteiger partial charge is 0.0752 e. The van der Waals surface area contributed by atoms with E-state index in [1.165, 1.54) is 22.3 Å². The summed E-state index contributed by atoms with van der Waals surface area (Å²) in [6.07, 6.45) is 4.63. The van der Waals surface area contributed by atoms with E-state index >= 15 is 0 Å². The monoisotopic (exact) mass is 296 g/mol. The molecular formula is C23H20. The maximum Gasteiger partial charge on any atom is 0.0278 e. The van der Waals surface area contributed by atoms with Crippen molar-refractivity contribution in [2.75, 3.05) is 0 Å². The molecule has 4 rings (SSSR count). The summed E-state index contributed by atoms with van der Waals surface area (Å²) in [5.74, 6) is 0.350. The van der Waals surface area contributed by atoms with Gasteiger partial charge in [0.2, 0.25) is 0 Å². The standard InChI is InChI=1S/C23H20/c1-23(19-11-4-2-5-12-19,20-13-6-3-7-14-20)22-17-16-18-10-8-9-15-21(18)22/h2-17,22H,1H3. The van der Waals surface area contributed by atoms with E-state index in [1.54, 1.807) is 0 Å². The molecule has 0 aromatic heterocycles. The van der Waals surface area contributed by atoms with Crippen LogP contribution in [-0.2, 0) is 5.41 Å². The quantitative estimate of drug-likeness (QED) is 0.572. The van der Waals surface area contributed by atoms with Crippen molar-refractivity contribution in [3.8, 4) is 0 Å². The molecule has 1 aliphatic carbocycles. The summed E-state index contributed by atoms with van der Waals surface area (Å²) in [7, 11) is 0. The number of hydrogen-bond acceptors (Lipinski definition) is 0. The second kappa shape index (κ2) is 5.55. The van der Waals surface area contributed by atoms with Gasteiger partial charge >= 0.3 is 0 Å². The van der Waals surface area contributed by atoms with Gasteiger partial charge in [-0.3, -0.25) is 0 Å². The van der Waals surface area contributed by atoms with E-state index in [1.807, 2.05) is 0 Å². The molecule has 23 heavy (non-hydrogen) atoms. The zero-order chi connectivity index (χ0) is 15.7. The maximum atomic E-state index is 2.37. The Bertz CT molecular complexity index is 789. The van der Waals surface area contributed by atoms with Crippen molar-refractivity contribution in [2.24, 2.45) is 0 Å². The first-order chi connectivity index (χ1) is 11.3. The number of hydrogen-bond donors (Lipinski definition) is 0. The molecule has 0 amide bonds. The molecule has 3 aromatic rings. The number of fused-ring (bicyclic) bond motifs is 1. The molecular weight excluding hydrogens is 276 g/mol. The molecule has 0 heteroatoms. The zero-order valence-corrected chi connectivity index (χ0v) is 13.3. The van der Waals surface area contributed by atoms with Crippen molar-refractivity contribution in [2.45, 2.75) is 18.3 Å². The van der Waals surface area contributed by atoms with Crippen LogP contribution in [0.25, 0.3) is 6.08 Å². The molecule has 3 aromatic carbocycles. The zero-order valence-electron chi connectivity index (χ0n) is 13.3. The third-order valence-corrected chi connectivity index (χ3v) is 5.17. The Morgan fingerprint density at radius 2 is 1.17 bits per heavy atom. The van der Waals surface area contributed by atoms with Gasteiger partial charge in [0.1, 0.15) is 0 Å². The van der Waals surface area contributed by atoms with Crippen LogP contribution in [0.1, 0.15) is 35.1 Å². The Kier molecular flexibility index (Phi) is 3.38. The van der Waals surface area contributed by atoms with E-state index in [2.05, 4.69) is 104 Å². The lowest BCUT2D eigenvalue weighted by molar-refractivity contribution is 0.514. The van der Waals surface area contributed by atoms with Crippen LogP contribution in [-0.4, -0.2) is 0 Å². The molecule has 0 N–H and O–H groups in total. The fourth-order valence-electron chi connectivity index (χ4n) is 3.85. The van der Waals surface area contributed by atoms with E-state index in [-0.39, 0.29) is 5.41 Å². The molecule has 112 valence electrons. The van der Waals surface area contributed by atoms with Gasteiger partial charge in [0.25, 0.3) is 0 Å². The van der Waals surface area contributed by atoms with Gasteiger partial charge in [0.05, 0.1) is 0 Å². The van der Waals surface area contributed by atoms with Crippen LogP contribution in [0.15, 0.2) is 91.0 Å². The molecule has 0 bridgehead atoms. The Labute approximate surface area is 138 Å². The smallest absolute Gasteiger partial charge is 0.0278 e. The third kappa shape index (κ3) is 2.22. The SMILES string of the molecule is CC(c1ccccc1)(c1ccccc1)C1C=Cc2ccccc21. The second-order valence-electron chi connectivity index (χ2n) is 6.40. The molecule has 0 aliphatic heterocycles. The summed E-state index contributed by atoms with van der Waals surface area (Å²) in [5, 5.41) is 0. The molecule has 0 heterocycles. The van der Waals surface area contributed by atoms with Crippen LogP contribution in [0.3, 0.4) is 0 Å². The Hall–Kier alpha value is -2.60. The lowest BCUT2D eigenvalue weighted by Gasteiger charge is -2.37. The Morgan fingerprint density at radius 3 is 1.78 bits per heavy atom. The predicted molar refractivity (Wildman–Crippen MR) is 97.6 cm³/mol. The highest BCUT2D eigenvalue weighted by Gasteiger charge is 2.39. The first kappa shape index (κ1) is 14.0. The predicted octanol–water partition coefficient (Wildman–Crippen LogP) is 5.80. The summed E-state index contributed by atoms with van der Waals surface area (Å²) in [5.41, 5.74) is 5.40. The Morgan fingerprint density at radius 1 is 0.652 bits per heavy atom. The fourth-order valence-corrected chi connectivity index (χ4v) is 3.85. The summed E-state index contributed by atoms with van der Waals surface area (Å²) >= 11 is 0. The summed E-state index contributed by atoms with van der Waals surface area (Å²) < 4.78 is 0. The highest BCUT2D eigenvalue weighted by atomic mass is 14.4. The molecule has 0 radical (unpaired) electrons. The maximum absolute atomic E-state index is 2.37. The van der Waals surface area contributed by atoms with Gasteiger partial charge in [-0.2, -0.15) is 0 Å². The van der Waals surface area contributed by atoms with Crippen molar-refractivity contribution < 1.29 is 0 Å². The average molecular weight is 296 g/mol. The van der Waals surface area contributed by atoms with Gasteiger partial charge in [0.15, 0.2) is 0 Å². The molecule has 0 fully saturated rings. The van der Waals surface area contributed by atoms with Gasteiger partial charge < -0.3 is 0 Å². The number of benzene rings is 3. The van der Waals surface area contributed by atoms with Gasteiger partial charge in [-0.05, 0) is 22.3 Å². The lowest BCUT2D eigenvalue weighted by Crippen LogP contribution is -2.30. The first-order valence-corrected chi connectivity index (χ1v) is 8.18. The lowest BCUT2D eigenvalue weighted by atomic mass is 9.65. The minimum Gasteiger partial charge on any atom is -0.0752 e. The molecule has 0 nitrogen and oxygen atoms in total. The van der Waals surface area contributed by atoms with E-state index in [0.717, 1.165) is 0 Å². The normalized spacial score (nSPS) is 16.3. The summed E-state index contributed by atoms with van der Waals surface area (Å²) in [4.78, 5) is 0. The molecule has 1 aliphatic rings. The van der Waals surface area contributed by atoms with Gasteiger partial charge in [0, 0.05) is 11.3 Å². The van der Waals surface area contributed by atoms with E-state index < -0.39 is 0 Å². The number of rotatable bonds is 3. The van der Waals surface area contributed by atoms with E-state index in [9.17, 15) is 0 Å².